The van der Waals surface area contributed by atoms with Crippen molar-refractivity contribution in [1.82, 2.24) is 4.98 Å². The Balaban J connectivity index is 1.81. The van der Waals surface area contributed by atoms with Crippen LogP contribution in [0.2, 0.25) is 0 Å². The number of hydrogen-bond acceptors (Lipinski definition) is 4. The number of allylic oxidation sites excluding steroid dienone is 1. The Hall–Kier alpha value is -1.94. The van der Waals surface area contributed by atoms with E-state index in [-0.39, 0.29) is 5.97 Å². The Morgan fingerprint density at radius 2 is 1.78 bits per heavy atom. The zero-order valence-corrected chi connectivity index (χ0v) is 17.4. The molecule has 0 aliphatic carbocycles. The van der Waals surface area contributed by atoms with E-state index in [1.165, 1.54) is 49.5 Å². The van der Waals surface area contributed by atoms with E-state index in [1.807, 2.05) is 36.5 Å². The molecule has 27 heavy (non-hydrogen) atoms. The molecule has 0 unspecified atom stereocenters. The molecule has 1 heterocycles. The normalized spacial score (nSPS) is 11.2. The number of thiazole rings is 1. The Labute approximate surface area is 167 Å². The van der Waals surface area contributed by atoms with Gasteiger partial charge in [-0.25, -0.2) is 9.78 Å². The maximum absolute atomic E-state index is 11.7. The largest absolute Gasteiger partial charge is 0.423 e. The number of carbonyl (C=O) groups is 1. The SMILES string of the molecule is CCCC=CC(=O)Oc1ccc(-c2ncc(CCCCCCCC)s2)cc1. The van der Waals surface area contributed by atoms with Crippen LogP contribution in [0.15, 0.2) is 42.6 Å². The average Bonchev–Trinajstić information content (AvgIpc) is 3.14. The van der Waals surface area contributed by atoms with Gasteiger partial charge in [-0.1, -0.05) is 58.4 Å². The number of aryl methyl sites for hydroxylation is 1. The van der Waals surface area contributed by atoms with Crippen LogP contribution in [0.3, 0.4) is 0 Å². The molecule has 0 fully saturated rings. The monoisotopic (exact) mass is 385 g/mol. The van der Waals surface area contributed by atoms with Gasteiger partial charge in [0.15, 0.2) is 0 Å². The summed E-state index contributed by atoms with van der Waals surface area (Å²) in [6, 6.07) is 7.59. The van der Waals surface area contributed by atoms with Crippen molar-refractivity contribution in [2.24, 2.45) is 0 Å². The first kappa shape index (κ1) is 21.4. The molecular formula is C23H31NO2S. The van der Waals surface area contributed by atoms with Crippen LogP contribution in [-0.4, -0.2) is 11.0 Å². The van der Waals surface area contributed by atoms with E-state index in [0.717, 1.165) is 29.8 Å². The number of aromatic nitrogens is 1. The summed E-state index contributed by atoms with van der Waals surface area (Å²) in [6.07, 6.45) is 16.3. The Morgan fingerprint density at radius 1 is 1.04 bits per heavy atom. The Bertz CT molecular complexity index is 703. The second-order valence-electron chi connectivity index (χ2n) is 6.79. The van der Waals surface area contributed by atoms with Crippen LogP contribution >= 0.6 is 11.3 Å². The van der Waals surface area contributed by atoms with E-state index >= 15 is 0 Å². The number of hydrogen-bond donors (Lipinski definition) is 0. The first-order valence-electron chi connectivity index (χ1n) is 10.2. The summed E-state index contributed by atoms with van der Waals surface area (Å²) in [5, 5.41) is 1.02. The molecule has 4 heteroatoms. The topological polar surface area (TPSA) is 39.2 Å². The molecule has 0 saturated carbocycles. The van der Waals surface area contributed by atoms with E-state index in [2.05, 4.69) is 18.8 Å². The van der Waals surface area contributed by atoms with Crippen LogP contribution < -0.4 is 4.74 Å². The third kappa shape index (κ3) is 8.08. The predicted molar refractivity (Wildman–Crippen MR) is 114 cm³/mol. The third-order valence-corrected chi connectivity index (χ3v) is 5.47. The zero-order valence-electron chi connectivity index (χ0n) is 16.6. The van der Waals surface area contributed by atoms with Gasteiger partial charge in [0.25, 0.3) is 0 Å². The van der Waals surface area contributed by atoms with Crippen LogP contribution in [0.1, 0.15) is 70.1 Å². The van der Waals surface area contributed by atoms with Gasteiger partial charge in [0.2, 0.25) is 0 Å². The standard InChI is InChI=1S/C23H31NO2S/c1-3-5-7-8-9-11-12-21-18-24-23(27-21)19-14-16-20(17-15-19)26-22(25)13-10-6-4-2/h10,13-18H,3-9,11-12H2,1-2H3. The van der Waals surface area contributed by atoms with Crippen molar-refractivity contribution in [3.05, 3.63) is 47.5 Å². The van der Waals surface area contributed by atoms with E-state index in [9.17, 15) is 4.79 Å². The highest BCUT2D eigenvalue weighted by molar-refractivity contribution is 7.15. The first-order chi connectivity index (χ1) is 13.2. The summed E-state index contributed by atoms with van der Waals surface area (Å²) >= 11 is 1.76. The molecule has 1 aromatic heterocycles. The highest BCUT2D eigenvalue weighted by Crippen LogP contribution is 2.28. The molecule has 1 aromatic carbocycles. The van der Waals surface area contributed by atoms with E-state index in [4.69, 9.17) is 4.74 Å². The summed E-state index contributed by atoms with van der Waals surface area (Å²) in [6.45, 7) is 4.33. The lowest BCUT2D eigenvalue weighted by molar-refractivity contribution is -0.129. The molecule has 0 spiro atoms. The lowest BCUT2D eigenvalue weighted by Crippen LogP contribution is -2.03. The molecule has 0 N–H and O–H groups in total. The number of ether oxygens (including phenoxy) is 1. The summed E-state index contributed by atoms with van der Waals surface area (Å²) in [7, 11) is 0. The lowest BCUT2D eigenvalue weighted by atomic mass is 10.1. The molecule has 2 aromatic rings. The van der Waals surface area contributed by atoms with E-state index in [1.54, 1.807) is 11.3 Å². The van der Waals surface area contributed by atoms with Gasteiger partial charge in [0.1, 0.15) is 10.8 Å². The summed E-state index contributed by atoms with van der Waals surface area (Å²) in [5.41, 5.74) is 1.07. The summed E-state index contributed by atoms with van der Waals surface area (Å²) in [5.74, 6) is 0.237. The minimum absolute atomic E-state index is 0.327. The Kier molecular flexibility index (Phi) is 9.85. The van der Waals surface area contributed by atoms with E-state index < -0.39 is 0 Å². The number of carbonyl (C=O) groups excluding carboxylic acids is 1. The maximum Gasteiger partial charge on any atom is 0.335 e. The minimum Gasteiger partial charge on any atom is -0.423 e. The van der Waals surface area contributed by atoms with Gasteiger partial charge >= 0.3 is 5.97 Å². The van der Waals surface area contributed by atoms with Gasteiger partial charge in [-0.15, -0.1) is 11.3 Å². The smallest absolute Gasteiger partial charge is 0.335 e. The quantitative estimate of drug-likeness (QED) is 0.171. The molecule has 0 aliphatic heterocycles. The summed E-state index contributed by atoms with van der Waals surface area (Å²) < 4.78 is 5.31. The minimum atomic E-state index is -0.327. The van der Waals surface area contributed by atoms with Crippen LogP contribution in [0.25, 0.3) is 10.6 Å². The number of unbranched alkanes of at least 4 members (excludes halogenated alkanes) is 6. The van der Waals surface area contributed by atoms with Crippen molar-refractivity contribution in [2.75, 3.05) is 0 Å². The number of benzene rings is 1. The third-order valence-electron chi connectivity index (χ3n) is 4.36. The van der Waals surface area contributed by atoms with Gasteiger partial charge in [-0.05, 0) is 43.5 Å². The second-order valence-corrected chi connectivity index (χ2v) is 7.90. The van der Waals surface area contributed by atoms with Crippen LogP contribution in [-0.2, 0) is 11.2 Å². The zero-order chi connectivity index (χ0) is 19.3. The highest BCUT2D eigenvalue weighted by atomic mass is 32.1. The molecule has 0 atom stereocenters. The van der Waals surface area contributed by atoms with Crippen molar-refractivity contribution >= 4 is 17.3 Å². The van der Waals surface area contributed by atoms with Gasteiger partial charge in [-0.2, -0.15) is 0 Å². The van der Waals surface area contributed by atoms with Crippen LogP contribution in [0.5, 0.6) is 5.75 Å². The maximum atomic E-state index is 11.7. The Morgan fingerprint density at radius 3 is 2.52 bits per heavy atom. The molecule has 0 saturated heterocycles. The van der Waals surface area contributed by atoms with Crippen molar-refractivity contribution in [3.8, 4) is 16.3 Å². The highest BCUT2D eigenvalue weighted by Gasteiger charge is 2.06. The average molecular weight is 386 g/mol. The summed E-state index contributed by atoms with van der Waals surface area (Å²) in [4.78, 5) is 17.6. The van der Waals surface area contributed by atoms with Crippen LogP contribution in [0, 0.1) is 0 Å². The second kappa shape index (κ2) is 12.4. The number of esters is 1. The van der Waals surface area contributed by atoms with Crippen LogP contribution in [0.4, 0.5) is 0 Å². The number of nitrogens with zero attached hydrogens (tertiary/aromatic N) is 1. The fraction of sp³-hybridized carbons (Fsp3) is 0.478. The van der Waals surface area contributed by atoms with Crippen molar-refractivity contribution in [1.29, 1.82) is 0 Å². The molecule has 0 radical (unpaired) electrons. The first-order valence-corrected chi connectivity index (χ1v) is 11.0. The number of rotatable bonds is 12. The van der Waals surface area contributed by atoms with Gasteiger partial charge < -0.3 is 4.74 Å². The molecule has 3 nitrogen and oxygen atoms in total. The van der Waals surface area contributed by atoms with Gasteiger partial charge in [-0.3, -0.25) is 0 Å². The van der Waals surface area contributed by atoms with Crippen molar-refractivity contribution in [3.63, 3.8) is 0 Å². The predicted octanol–water partition coefficient (Wildman–Crippen LogP) is 6.97. The molecule has 0 amide bonds. The molecule has 146 valence electrons. The van der Waals surface area contributed by atoms with Gasteiger partial charge in [0.05, 0.1) is 0 Å². The van der Waals surface area contributed by atoms with Crippen molar-refractivity contribution in [2.45, 2.75) is 71.6 Å². The lowest BCUT2D eigenvalue weighted by Gasteiger charge is -2.02. The van der Waals surface area contributed by atoms with Crippen molar-refractivity contribution < 1.29 is 9.53 Å². The molecule has 2 rings (SSSR count). The fourth-order valence-electron chi connectivity index (χ4n) is 2.80. The molecule has 0 bridgehead atoms. The van der Waals surface area contributed by atoms with Gasteiger partial charge in [0, 0.05) is 22.7 Å². The molecular weight excluding hydrogens is 354 g/mol. The van der Waals surface area contributed by atoms with E-state index in [0.29, 0.717) is 5.75 Å². The molecule has 0 aliphatic rings. The fourth-order valence-corrected chi connectivity index (χ4v) is 3.76.